The lowest BCUT2D eigenvalue weighted by atomic mass is 10.00. The van der Waals surface area contributed by atoms with Crippen LogP contribution in [0, 0.1) is 11.3 Å². The Balaban J connectivity index is 1.82. The number of hydrogen-bond donors (Lipinski definition) is 2. The van der Waals surface area contributed by atoms with Crippen LogP contribution in [0.4, 0.5) is 5.69 Å². The van der Waals surface area contributed by atoms with E-state index in [1.807, 2.05) is 19.9 Å². The smallest absolute Gasteiger partial charge is 0.255 e. The number of nitrogens with zero attached hydrogens (tertiary/aromatic N) is 1. The van der Waals surface area contributed by atoms with E-state index in [4.69, 9.17) is 16.3 Å². The monoisotopic (exact) mass is 369 g/mol. The standard InChI is InChI=1S/C20H20ClN3O2/c1-12(2)26-19-4-3-13(7-14(19)10-22)20(25)24-16-8-15-11-23-6-5-17(15)18(21)9-16/h3-4,7-9,12,23H,5-6,11H2,1-2H3,(H,24,25). The molecule has 1 amide bonds. The summed E-state index contributed by atoms with van der Waals surface area (Å²) in [6.45, 7) is 5.41. The second-order valence-electron chi connectivity index (χ2n) is 6.47. The van der Waals surface area contributed by atoms with Crippen molar-refractivity contribution in [3.05, 3.63) is 57.6 Å². The molecule has 0 aromatic heterocycles. The molecule has 0 saturated carbocycles. The summed E-state index contributed by atoms with van der Waals surface area (Å²) in [7, 11) is 0. The van der Waals surface area contributed by atoms with E-state index in [-0.39, 0.29) is 12.0 Å². The summed E-state index contributed by atoms with van der Waals surface area (Å²) in [4.78, 5) is 12.6. The largest absolute Gasteiger partial charge is 0.490 e. The first kappa shape index (κ1) is 18.2. The van der Waals surface area contributed by atoms with Crippen LogP contribution < -0.4 is 15.4 Å². The molecular weight excluding hydrogens is 350 g/mol. The minimum atomic E-state index is -0.294. The molecule has 1 heterocycles. The lowest BCUT2D eigenvalue weighted by Crippen LogP contribution is -2.24. The number of benzene rings is 2. The second-order valence-corrected chi connectivity index (χ2v) is 6.87. The van der Waals surface area contributed by atoms with Crippen molar-refractivity contribution >= 4 is 23.2 Å². The van der Waals surface area contributed by atoms with Crippen LogP contribution in [-0.4, -0.2) is 18.6 Å². The lowest BCUT2D eigenvalue weighted by Gasteiger charge is -2.20. The predicted molar refractivity (Wildman–Crippen MR) is 102 cm³/mol. The quantitative estimate of drug-likeness (QED) is 0.857. The minimum absolute atomic E-state index is 0.0481. The van der Waals surface area contributed by atoms with Crippen LogP contribution in [-0.2, 0) is 13.0 Å². The molecular formula is C20H20ClN3O2. The van der Waals surface area contributed by atoms with E-state index in [2.05, 4.69) is 16.7 Å². The third kappa shape index (κ3) is 3.98. The van der Waals surface area contributed by atoms with Gasteiger partial charge in [-0.1, -0.05) is 11.6 Å². The summed E-state index contributed by atoms with van der Waals surface area (Å²) in [5, 5.41) is 16.1. The Morgan fingerprint density at radius 2 is 2.15 bits per heavy atom. The number of halogens is 1. The highest BCUT2D eigenvalue weighted by molar-refractivity contribution is 6.31. The van der Waals surface area contributed by atoms with Gasteiger partial charge in [0.15, 0.2) is 0 Å². The number of nitriles is 1. The van der Waals surface area contributed by atoms with Gasteiger partial charge in [0.05, 0.1) is 11.7 Å². The van der Waals surface area contributed by atoms with Gasteiger partial charge in [0.25, 0.3) is 5.91 Å². The van der Waals surface area contributed by atoms with Crippen molar-refractivity contribution in [3.63, 3.8) is 0 Å². The first-order chi connectivity index (χ1) is 12.5. The number of carbonyl (C=O) groups excluding carboxylic acids is 1. The molecule has 2 aromatic carbocycles. The zero-order chi connectivity index (χ0) is 18.7. The summed E-state index contributed by atoms with van der Waals surface area (Å²) < 4.78 is 5.59. The van der Waals surface area contributed by atoms with E-state index < -0.39 is 0 Å². The van der Waals surface area contributed by atoms with Gasteiger partial charge >= 0.3 is 0 Å². The van der Waals surface area contributed by atoms with Crippen LogP contribution in [0.2, 0.25) is 5.02 Å². The Morgan fingerprint density at radius 3 is 2.88 bits per heavy atom. The SMILES string of the molecule is CC(C)Oc1ccc(C(=O)Nc2cc(Cl)c3c(c2)CNCC3)cc1C#N. The van der Waals surface area contributed by atoms with Crippen molar-refractivity contribution in [3.8, 4) is 11.8 Å². The van der Waals surface area contributed by atoms with Gasteiger partial charge < -0.3 is 15.4 Å². The fraction of sp³-hybridized carbons (Fsp3) is 0.300. The first-order valence-electron chi connectivity index (χ1n) is 8.52. The average Bonchev–Trinajstić information content (AvgIpc) is 2.61. The number of hydrogen-bond acceptors (Lipinski definition) is 4. The van der Waals surface area contributed by atoms with Crippen LogP contribution in [0.1, 0.15) is 40.9 Å². The third-order valence-corrected chi connectivity index (χ3v) is 4.48. The van der Waals surface area contributed by atoms with Crippen molar-refractivity contribution in [2.45, 2.75) is 32.9 Å². The van der Waals surface area contributed by atoms with Crippen molar-refractivity contribution in [2.75, 3.05) is 11.9 Å². The summed E-state index contributed by atoms with van der Waals surface area (Å²) in [6, 6.07) is 10.6. The molecule has 26 heavy (non-hydrogen) atoms. The van der Waals surface area contributed by atoms with Crippen molar-refractivity contribution in [1.29, 1.82) is 5.26 Å². The number of fused-ring (bicyclic) bond motifs is 1. The topological polar surface area (TPSA) is 74.2 Å². The van der Waals surface area contributed by atoms with Gasteiger partial charge in [0.1, 0.15) is 11.8 Å². The molecule has 0 radical (unpaired) electrons. The van der Waals surface area contributed by atoms with Crippen LogP contribution in [0.5, 0.6) is 5.75 Å². The number of amides is 1. The van der Waals surface area contributed by atoms with Crippen LogP contribution in [0.15, 0.2) is 30.3 Å². The summed E-state index contributed by atoms with van der Waals surface area (Å²) in [6.07, 6.45) is 0.832. The van der Waals surface area contributed by atoms with Crippen molar-refractivity contribution in [2.24, 2.45) is 0 Å². The molecule has 0 aliphatic carbocycles. The van der Waals surface area contributed by atoms with E-state index in [1.54, 1.807) is 18.2 Å². The zero-order valence-corrected chi connectivity index (χ0v) is 15.5. The number of nitrogens with one attached hydrogen (secondary N) is 2. The molecule has 5 nitrogen and oxygen atoms in total. The van der Waals surface area contributed by atoms with Gasteiger partial charge in [-0.25, -0.2) is 0 Å². The van der Waals surface area contributed by atoms with Gasteiger partial charge in [-0.2, -0.15) is 5.26 Å². The number of carbonyl (C=O) groups is 1. The molecule has 0 atom stereocenters. The van der Waals surface area contributed by atoms with Gasteiger partial charge in [0.2, 0.25) is 0 Å². The molecule has 0 unspecified atom stereocenters. The van der Waals surface area contributed by atoms with Gasteiger partial charge in [-0.15, -0.1) is 0 Å². The lowest BCUT2D eigenvalue weighted by molar-refractivity contribution is 0.102. The Morgan fingerprint density at radius 1 is 1.35 bits per heavy atom. The summed E-state index contributed by atoms with van der Waals surface area (Å²) >= 11 is 6.35. The van der Waals surface area contributed by atoms with E-state index in [1.165, 1.54) is 6.07 Å². The van der Waals surface area contributed by atoms with E-state index >= 15 is 0 Å². The van der Waals surface area contributed by atoms with Gasteiger partial charge in [-0.3, -0.25) is 4.79 Å². The molecule has 3 rings (SSSR count). The van der Waals surface area contributed by atoms with Crippen molar-refractivity contribution in [1.82, 2.24) is 5.32 Å². The highest BCUT2D eigenvalue weighted by Crippen LogP contribution is 2.28. The fourth-order valence-corrected chi connectivity index (χ4v) is 3.29. The fourth-order valence-electron chi connectivity index (χ4n) is 2.96. The van der Waals surface area contributed by atoms with Gasteiger partial charge in [0, 0.05) is 22.8 Å². The predicted octanol–water partition coefficient (Wildman–Crippen LogP) is 3.90. The minimum Gasteiger partial charge on any atom is -0.490 e. The van der Waals surface area contributed by atoms with Crippen LogP contribution >= 0.6 is 11.6 Å². The Kier molecular flexibility index (Phi) is 5.46. The summed E-state index contributed by atoms with van der Waals surface area (Å²) in [5.41, 5.74) is 3.59. The molecule has 134 valence electrons. The van der Waals surface area contributed by atoms with Gasteiger partial charge in [-0.05, 0) is 68.3 Å². The first-order valence-corrected chi connectivity index (χ1v) is 8.90. The molecule has 1 aliphatic rings. The molecule has 2 N–H and O–H groups in total. The maximum absolute atomic E-state index is 12.6. The Labute approximate surface area is 157 Å². The average molecular weight is 370 g/mol. The van der Waals surface area contributed by atoms with E-state index in [0.29, 0.717) is 27.6 Å². The van der Waals surface area contributed by atoms with E-state index in [9.17, 15) is 10.1 Å². The normalized spacial score (nSPS) is 13.0. The highest BCUT2D eigenvalue weighted by atomic mass is 35.5. The highest BCUT2D eigenvalue weighted by Gasteiger charge is 2.16. The van der Waals surface area contributed by atoms with Crippen LogP contribution in [0.3, 0.4) is 0 Å². The summed E-state index contributed by atoms with van der Waals surface area (Å²) in [5.74, 6) is 0.180. The Hall–Kier alpha value is -2.55. The number of ether oxygens (including phenoxy) is 1. The van der Waals surface area contributed by atoms with E-state index in [0.717, 1.165) is 30.6 Å². The van der Waals surface area contributed by atoms with Crippen LogP contribution in [0.25, 0.3) is 0 Å². The molecule has 0 saturated heterocycles. The van der Waals surface area contributed by atoms with Crippen molar-refractivity contribution < 1.29 is 9.53 Å². The molecule has 0 spiro atoms. The Bertz CT molecular complexity index is 887. The molecule has 6 heteroatoms. The molecule has 2 aromatic rings. The molecule has 0 bridgehead atoms. The number of anilines is 1. The molecule has 1 aliphatic heterocycles. The maximum Gasteiger partial charge on any atom is 0.255 e. The maximum atomic E-state index is 12.6. The third-order valence-electron chi connectivity index (χ3n) is 4.14. The molecule has 0 fully saturated rings. The second kappa shape index (κ2) is 7.77. The zero-order valence-electron chi connectivity index (χ0n) is 14.7. The number of rotatable bonds is 4.